The van der Waals surface area contributed by atoms with Crippen LogP contribution in [0.25, 0.3) is 11.5 Å². The summed E-state index contributed by atoms with van der Waals surface area (Å²) in [6.45, 7) is 0. The van der Waals surface area contributed by atoms with E-state index >= 15 is 0 Å². The van der Waals surface area contributed by atoms with Crippen molar-refractivity contribution in [2.75, 3.05) is 0 Å². The molecule has 28 heavy (non-hydrogen) atoms. The Labute approximate surface area is 171 Å². The zero-order valence-corrected chi connectivity index (χ0v) is 16.6. The van der Waals surface area contributed by atoms with Crippen molar-refractivity contribution in [3.8, 4) is 11.5 Å². The molecule has 0 N–H and O–H groups in total. The van der Waals surface area contributed by atoms with Crippen LogP contribution in [0.5, 0.6) is 0 Å². The summed E-state index contributed by atoms with van der Waals surface area (Å²) in [5, 5.41) is 0.391. The number of aromatic nitrogens is 1. The van der Waals surface area contributed by atoms with Crippen LogP contribution in [0.1, 0.15) is 22.1 Å². The Morgan fingerprint density at radius 1 is 0.893 bits per heavy atom. The Balaban J connectivity index is 1.60. The number of hydrogen-bond acceptors (Lipinski definition) is 3. The van der Waals surface area contributed by atoms with Gasteiger partial charge in [-0.15, -0.1) is 0 Å². The van der Waals surface area contributed by atoms with Crippen molar-refractivity contribution in [1.29, 1.82) is 0 Å². The molecule has 4 aromatic rings. The number of benzene rings is 3. The molecule has 0 saturated heterocycles. The van der Waals surface area contributed by atoms with Crippen molar-refractivity contribution in [2.24, 2.45) is 0 Å². The van der Waals surface area contributed by atoms with E-state index in [2.05, 4.69) is 4.98 Å². The second kappa shape index (κ2) is 8.55. The molecular formula is C23H18ClNO2S. The van der Waals surface area contributed by atoms with Crippen molar-refractivity contribution < 1.29 is 8.63 Å². The first kappa shape index (κ1) is 18.7. The van der Waals surface area contributed by atoms with Gasteiger partial charge in [-0.05, 0) is 29.3 Å². The van der Waals surface area contributed by atoms with Gasteiger partial charge in [0, 0.05) is 21.4 Å². The highest BCUT2D eigenvalue weighted by atomic mass is 35.5. The van der Waals surface area contributed by atoms with Crippen LogP contribution in [0.15, 0.2) is 95.6 Å². The zero-order valence-electron chi connectivity index (χ0n) is 15.0. The van der Waals surface area contributed by atoms with Gasteiger partial charge in [0.15, 0.2) is 0 Å². The molecule has 0 spiro atoms. The summed E-state index contributed by atoms with van der Waals surface area (Å²) in [7, 11) is -1.21. The molecule has 1 atom stereocenters. The van der Waals surface area contributed by atoms with E-state index < -0.39 is 10.8 Å². The van der Waals surface area contributed by atoms with Crippen molar-refractivity contribution in [2.45, 2.75) is 11.0 Å². The molecule has 0 aliphatic rings. The lowest BCUT2D eigenvalue weighted by Gasteiger charge is -2.17. The van der Waals surface area contributed by atoms with Gasteiger partial charge < -0.3 is 4.42 Å². The van der Waals surface area contributed by atoms with Crippen LogP contribution in [-0.4, -0.2) is 9.19 Å². The number of halogens is 1. The second-order valence-corrected chi connectivity index (χ2v) is 8.34. The smallest absolute Gasteiger partial charge is 0.226 e. The highest BCUT2D eigenvalue weighted by molar-refractivity contribution is 7.84. The van der Waals surface area contributed by atoms with E-state index in [-0.39, 0.29) is 5.25 Å². The molecule has 0 bridgehead atoms. The lowest BCUT2D eigenvalue weighted by atomic mass is 10.0. The average molecular weight is 408 g/mol. The number of hydrogen-bond donors (Lipinski definition) is 0. The molecule has 0 aliphatic carbocycles. The molecule has 0 fully saturated rings. The van der Waals surface area contributed by atoms with Crippen molar-refractivity contribution >= 4 is 22.4 Å². The van der Waals surface area contributed by atoms with Gasteiger partial charge in [-0.1, -0.05) is 78.3 Å². The van der Waals surface area contributed by atoms with E-state index in [1.807, 2.05) is 72.8 Å². The minimum absolute atomic E-state index is 0.228. The SMILES string of the molecule is O=[S@](Cc1coc(-c2cccc(Cl)c2)n1)C(c1ccccc1)c1ccccc1. The summed E-state index contributed by atoms with van der Waals surface area (Å²) < 4.78 is 18.9. The zero-order chi connectivity index (χ0) is 19.3. The third-order valence-corrected chi connectivity index (χ3v) is 6.27. The Bertz CT molecular complexity index is 1040. The van der Waals surface area contributed by atoms with E-state index in [4.69, 9.17) is 16.0 Å². The van der Waals surface area contributed by atoms with Crippen molar-refractivity contribution in [3.05, 3.63) is 113 Å². The van der Waals surface area contributed by atoms with Crippen LogP contribution < -0.4 is 0 Å². The third kappa shape index (κ3) is 4.24. The van der Waals surface area contributed by atoms with Crippen molar-refractivity contribution in [1.82, 2.24) is 4.98 Å². The van der Waals surface area contributed by atoms with Gasteiger partial charge in [0.1, 0.15) is 6.26 Å². The maximum atomic E-state index is 13.3. The predicted octanol–water partition coefficient (Wildman–Crippen LogP) is 6.03. The first-order valence-corrected chi connectivity index (χ1v) is 10.6. The number of oxazole rings is 1. The molecular weight excluding hydrogens is 390 g/mol. The van der Waals surface area contributed by atoms with Gasteiger partial charge in [0.2, 0.25) is 5.89 Å². The summed E-state index contributed by atoms with van der Waals surface area (Å²) in [6.07, 6.45) is 1.57. The molecule has 0 saturated carbocycles. The molecule has 1 aromatic heterocycles. The topological polar surface area (TPSA) is 43.1 Å². The maximum absolute atomic E-state index is 13.3. The second-order valence-electron chi connectivity index (χ2n) is 6.38. The summed E-state index contributed by atoms with van der Waals surface area (Å²) >= 11 is 6.05. The number of rotatable bonds is 6. The largest absolute Gasteiger partial charge is 0.444 e. The first-order valence-electron chi connectivity index (χ1n) is 8.88. The maximum Gasteiger partial charge on any atom is 0.226 e. The minimum atomic E-state index is -1.21. The Morgan fingerprint density at radius 3 is 2.14 bits per heavy atom. The fourth-order valence-electron chi connectivity index (χ4n) is 3.11. The van der Waals surface area contributed by atoms with Crippen LogP contribution in [0, 0.1) is 0 Å². The van der Waals surface area contributed by atoms with E-state index in [1.165, 1.54) is 0 Å². The molecule has 3 nitrogen and oxygen atoms in total. The van der Waals surface area contributed by atoms with Gasteiger partial charge in [0.25, 0.3) is 0 Å². The van der Waals surface area contributed by atoms with Crippen LogP contribution in [0.2, 0.25) is 5.02 Å². The summed E-state index contributed by atoms with van der Waals surface area (Å²) in [6, 6.07) is 27.2. The van der Waals surface area contributed by atoms with Crippen LogP contribution >= 0.6 is 11.6 Å². The Kier molecular flexibility index (Phi) is 5.70. The molecule has 5 heteroatoms. The molecule has 0 aliphatic heterocycles. The highest BCUT2D eigenvalue weighted by Crippen LogP contribution is 2.30. The summed E-state index contributed by atoms with van der Waals surface area (Å²) in [4.78, 5) is 4.51. The molecule has 0 amide bonds. The van der Waals surface area contributed by atoms with E-state index in [9.17, 15) is 4.21 Å². The van der Waals surface area contributed by atoms with Gasteiger partial charge in [-0.3, -0.25) is 4.21 Å². The number of nitrogens with zero attached hydrogens (tertiary/aromatic N) is 1. The molecule has 0 radical (unpaired) electrons. The van der Waals surface area contributed by atoms with Gasteiger partial charge >= 0.3 is 0 Å². The normalized spacial score (nSPS) is 12.2. The fourth-order valence-corrected chi connectivity index (χ4v) is 4.81. The fraction of sp³-hybridized carbons (Fsp3) is 0.0870. The third-order valence-electron chi connectivity index (χ3n) is 4.38. The predicted molar refractivity (Wildman–Crippen MR) is 114 cm³/mol. The molecule has 0 unspecified atom stereocenters. The molecule has 1 heterocycles. The average Bonchev–Trinajstić information content (AvgIpc) is 3.18. The van der Waals surface area contributed by atoms with Crippen molar-refractivity contribution in [3.63, 3.8) is 0 Å². The molecule has 4 rings (SSSR count). The van der Waals surface area contributed by atoms with E-state index in [0.29, 0.717) is 22.4 Å². The van der Waals surface area contributed by atoms with E-state index in [1.54, 1.807) is 18.4 Å². The summed E-state index contributed by atoms with van der Waals surface area (Å²) in [5.74, 6) is 0.781. The Morgan fingerprint density at radius 2 is 1.54 bits per heavy atom. The highest BCUT2D eigenvalue weighted by Gasteiger charge is 2.22. The monoisotopic (exact) mass is 407 g/mol. The van der Waals surface area contributed by atoms with Crippen LogP contribution in [0.4, 0.5) is 0 Å². The molecule has 3 aromatic carbocycles. The van der Waals surface area contributed by atoms with Crippen LogP contribution in [-0.2, 0) is 16.6 Å². The molecule has 140 valence electrons. The van der Waals surface area contributed by atoms with Crippen LogP contribution in [0.3, 0.4) is 0 Å². The lowest BCUT2D eigenvalue weighted by Crippen LogP contribution is -2.10. The standard InChI is InChI=1S/C23H18ClNO2S/c24-20-13-7-12-19(14-20)23-25-21(15-27-23)16-28(26)22(17-8-3-1-4-9-17)18-10-5-2-6-11-18/h1-15,22H,16H2/t28-/m1/s1. The van der Waals surface area contributed by atoms with E-state index in [0.717, 1.165) is 16.7 Å². The Hall–Kier alpha value is -2.69. The summed E-state index contributed by atoms with van der Waals surface area (Å²) in [5.41, 5.74) is 3.49. The van der Waals surface area contributed by atoms with Gasteiger partial charge in [-0.25, -0.2) is 4.98 Å². The minimum Gasteiger partial charge on any atom is -0.444 e. The van der Waals surface area contributed by atoms with Gasteiger partial charge in [0.05, 0.1) is 16.7 Å². The first-order chi connectivity index (χ1) is 13.7. The van der Waals surface area contributed by atoms with Gasteiger partial charge in [-0.2, -0.15) is 0 Å². The lowest BCUT2D eigenvalue weighted by molar-refractivity contribution is 0.573. The quantitative estimate of drug-likeness (QED) is 0.391.